The Morgan fingerprint density at radius 1 is 1.42 bits per heavy atom. The van der Waals surface area contributed by atoms with Gasteiger partial charge in [-0.05, 0) is 48.3 Å². The van der Waals surface area contributed by atoms with Crippen molar-refractivity contribution < 1.29 is 4.79 Å². The van der Waals surface area contributed by atoms with E-state index in [0.29, 0.717) is 18.2 Å². The maximum Gasteiger partial charge on any atom is 0.245 e. The lowest BCUT2D eigenvalue weighted by atomic mass is 9.94. The second-order valence-corrected chi connectivity index (χ2v) is 6.46. The van der Waals surface area contributed by atoms with Crippen molar-refractivity contribution >= 4 is 5.91 Å². The van der Waals surface area contributed by atoms with Crippen LogP contribution < -0.4 is 10.6 Å². The van der Waals surface area contributed by atoms with Crippen molar-refractivity contribution in [2.45, 2.75) is 38.8 Å². The fraction of sp³-hybridized carbons (Fsp3) is 0.529. The van der Waals surface area contributed by atoms with Crippen LogP contribution in [0.4, 0.5) is 0 Å². The number of hydrogen-bond donors (Lipinski definition) is 2. The fourth-order valence-corrected chi connectivity index (χ4v) is 3.16. The molecular formula is C17H24N6O. The molecule has 7 nitrogen and oxygen atoms in total. The minimum absolute atomic E-state index is 0.0204. The summed E-state index contributed by atoms with van der Waals surface area (Å²) >= 11 is 0. The summed E-state index contributed by atoms with van der Waals surface area (Å²) in [7, 11) is 0. The maximum absolute atomic E-state index is 13.0. The fourth-order valence-electron chi connectivity index (χ4n) is 3.16. The first-order valence-corrected chi connectivity index (χ1v) is 8.44. The van der Waals surface area contributed by atoms with Crippen molar-refractivity contribution in [1.82, 2.24) is 30.8 Å². The molecule has 2 aromatic rings. The Bertz CT molecular complexity index is 671. The molecular weight excluding hydrogens is 304 g/mol. The van der Waals surface area contributed by atoms with E-state index in [1.807, 2.05) is 37.3 Å². The molecule has 1 aliphatic rings. The molecule has 3 unspecified atom stereocenters. The Hall–Kier alpha value is -2.28. The molecule has 0 aliphatic carbocycles. The predicted octanol–water partition coefficient (Wildman–Crippen LogP) is 0.880. The molecule has 1 saturated heterocycles. The van der Waals surface area contributed by atoms with Crippen LogP contribution in [-0.2, 0) is 11.2 Å². The second kappa shape index (κ2) is 7.53. The van der Waals surface area contributed by atoms with Crippen molar-refractivity contribution in [2.75, 3.05) is 13.1 Å². The molecule has 3 rings (SSSR count). The summed E-state index contributed by atoms with van der Waals surface area (Å²) in [4.78, 5) is 13.0. The Morgan fingerprint density at radius 3 is 2.88 bits per heavy atom. The van der Waals surface area contributed by atoms with Crippen LogP contribution in [0.25, 0.3) is 0 Å². The Kier molecular flexibility index (Phi) is 5.20. The zero-order valence-electron chi connectivity index (χ0n) is 14.1. The molecule has 7 heteroatoms. The first kappa shape index (κ1) is 16.6. The van der Waals surface area contributed by atoms with Gasteiger partial charge in [-0.3, -0.25) is 4.79 Å². The highest BCUT2D eigenvalue weighted by molar-refractivity contribution is 5.81. The summed E-state index contributed by atoms with van der Waals surface area (Å²) in [6.45, 7) is 5.84. The third-order valence-corrected chi connectivity index (χ3v) is 4.64. The van der Waals surface area contributed by atoms with Crippen LogP contribution >= 0.6 is 0 Å². The standard InChI is InChI=1S/C17H24N6O/c1-12-11-18-9-8-15(12)19-17(24)16(23-13(2)20-21-22-23)10-14-6-4-3-5-7-14/h3-7,12,15-16,18H,8-11H2,1-2H3,(H,19,24). The van der Waals surface area contributed by atoms with Gasteiger partial charge in [0, 0.05) is 12.5 Å². The minimum Gasteiger partial charge on any atom is -0.351 e. The van der Waals surface area contributed by atoms with E-state index < -0.39 is 6.04 Å². The molecule has 0 bridgehead atoms. The molecule has 2 heterocycles. The number of nitrogens with zero attached hydrogens (tertiary/aromatic N) is 4. The number of amides is 1. The molecule has 1 aromatic heterocycles. The second-order valence-electron chi connectivity index (χ2n) is 6.46. The summed E-state index contributed by atoms with van der Waals surface area (Å²) < 4.78 is 1.62. The van der Waals surface area contributed by atoms with E-state index in [-0.39, 0.29) is 11.9 Å². The van der Waals surface area contributed by atoms with E-state index in [0.717, 1.165) is 25.1 Å². The highest BCUT2D eigenvalue weighted by Crippen LogP contribution is 2.17. The van der Waals surface area contributed by atoms with Gasteiger partial charge in [0.1, 0.15) is 11.9 Å². The largest absolute Gasteiger partial charge is 0.351 e. The summed E-state index contributed by atoms with van der Waals surface area (Å²) in [6.07, 6.45) is 1.51. The first-order valence-electron chi connectivity index (χ1n) is 8.44. The maximum atomic E-state index is 13.0. The van der Waals surface area contributed by atoms with Crippen molar-refractivity contribution in [1.29, 1.82) is 0 Å². The zero-order chi connectivity index (χ0) is 16.9. The first-order chi connectivity index (χ1) is 11.6. The highest BCUT2D eigenvalue weighted by atomic mass is 16.2. The average molecular weight is 328 g/mol. The van der Waals surface area contributed by atoms with Gasteiger partial charge in [0.2, 0.25) is 5.91 Å². The lowest BCUT2D eigenvalue weighted by Crippen LogP contribution is -2.50. The molecule has 1 fully saturated rings. The smallest absolute Gasteiger partial charge is 0.245 e. The third-order valence-electron chi connectivity index (χ3n) is 4.64. The van der Waals surface area contributed by atoms with Crippen LogP contribution in [0.2, 0.25) is 0 Å². The van der Waals surface area contributed by atoms with Crippen molar-refractivity contribution in [3.8, 4) is 0 Å². The summed E-state index contributed by atoms with van der Waals surface area (Å²) in [6, 6.07) is 9.72. The predicted molar refractivity (Wildman–Crippen MR) is 90.3 cm³/mol. The van der Waals surface area contributed by atoms with Gasteiger partial charge in [0.25, 0.3) is 0 Å². The zero-order valence-corrected chi connectivity index (χ0v) is 14.1. The van der Waals surface area contributed by atoms with Gasteiger partial charge in [0.05, 0.1) is 0 Å². The molecule has 0 saturated carbocycles. The van der Waals surface area contributed by atoms with Crippen LogP contribution in [-0.4, -0.2) is 45.2 Å². The van der Waals surface area contributed by atoms with Crippen molar-refractivity contribution in [2.24, 2.45) is 5.92 Å². The van der Waals surface area contributed by atoms with Crippen LogP contribution in [0, 0.1) is 12.8 Å². The lowest BCUT2D eigenvalue weighted by Gasteiger charge is -2.31. The quantitative estimate of drug-likeness (QED) is 0.851. The lowest BCUT2D eigenvalue weighted by molar-refractivity contribution is -0.126. The number of tetrazole rings is 1. The summed E-state index contributed by atoms with van der Waals surface area (Å²) in [5.74, 6) is 1.03. The summed E-state index contributed by atoms with van der Waals surface area (Å²) in [5, 5.41) is 18.2. The number of carbonyl (C=O) groups is 1. The number of hydrogen-bond acceptors (Lipinski definition) is 5. The van der Waals surface area contributed by atoms with E-state index in [2.05, 4.69) is 33.1 Å². The van der Waals surface area contributed by atoms with E-state index >= 15 is 0 Å². The summed E-state index contributed by atoms with van der Waals surface area (Å²) in [5.41, 5.74) is 1.09. The van der Waals surface area contributed by atoms with Crippen LogP contribution in [0.5, 0.6) is 0 Å². The molecule has 24 heavy (non-hydrogen) atoms. The van der Waals surface area contributed by atoms with E-state index in [9.17, 15) is 4.79 Å². The van der Waals surface area contributed by atoms with Crippen LogP contribution in [0.1, 0.15) is 30.8 Å². The van der Waals surface area contributed by atoms with Gasteiger partial charge in [0.15, 0.2) is 0 Å². The molecule has 3 atom stereocenters. The number of nitrogens with one attached hydrogen (secondary N) is 2. The molecule has 1 amide bonds. The molecule has 128 valence electrons. The Morgan fingerprint density at radius 2 is 2.21 bits per heavy atom. The number of rotatable bonds is 5. The van der Waals surface area contributed by atoms with Gasteiger partial charge >= 0.3 is 0 Å². The Balaban J connectivity index is 1.78. The van der Waals surface area contributed by atoms with E-state index in [4.69, 9.17) is 0 Å². The van der Waals surface area contributed by atoms with Gasteiger partial charge in [-0.1, -0.05) is 37.3 Å². The number of benzene rings is 1. The number of aryl methyl sites for hydroxylation is 1. The van der Waals surface area contributed by atoms with E-state index in [1.165, 1.54) is 0 Å². The van der Waals surface area contributed by atoms with Gasteiger partial charge in [-0.15, -0.1) is 5.10 Å². The van der Waals surface area contributed by atoms with Gasteiger partial charge < -0.3 is 10.6 Å². The van der Waals surface area contributed by atoms with Gasteiger partial charge in [-0.2, -0.15) is 0 Å². The number of aromatic nitrogens is 4. The van der Waals surface area contributed by atoms with Crippen molar-refractivity contribution in [3.63, 3.8) is 0 Å². The monoisotopic (exact) mass is 328 g/mol. The molecule has 0 radical (unpaired) electrons. The number of carbonyl (C=O) groups excluding carboxylic acids is 1. The molecule has 1 aromatic carbocycles. The number of piperidine rings is 1. The topological polar surface area (TPSA) is 84.7 Å². The van der Waals surface area contributed by atoms with Gasteiger partial charge in [-0.25, -0.2) is 4.68 Å². The highest BCUT2D eigenvalue weighted by Gasteiger charge is 2.29. The molecule has 0 spiro atoms. The SMILES string of the molecule is Cc1nnnn1C(Cc1ccccc1)C(=O)NC1CCNCC1C. The minimum atomic E-state index is -0.440. The normalized spacial score (nSPS) is 22.1. The van der Waals surface area contributed by atoms with Crippen molar-refractivity contribution in [3.05, 3.63) is 41.7 Å². The Labute approximate surface area is 141 Å². The third kappa shape index (κ3) is 3.79. The van der Waals surface area contributed by atoms with E-state index in [1.54, 1.807) is 4.68 Å². The average Bonchev–Trinajstić information content (AvgIpc) is 3.01. The van der Waals surface area contributed by atoms with Crippen LogP contribution in [0.15, 0.2) is 30.3 Å². The van der Waals surface area contributed by atoms with Crippen LogP contribution in [0.3, 0.4) is 0 Å². The molecule has 1 aliphatic heterocycles. The molecule has 2 N–H and O–H groups in total.